The van der Waals surface area contributed by atoms with Gasteiger partial charge >= 0.3 is 5.63 Å². The average molecular weight is 458 g/mol. The van der Waals surface area contributed by atoms with Gasteiger partial charge in [0.15, 0.2) is 0 Å². The molecule has 11 nitrogen and oxygen atoms in total. The van der Waals surface area contributed by atoms with Crippen LogP contribution in [0.15, 0.2) is 80.0 Å². The van der Waals surface area contributed by atoms with E-state index in [-0.39, 0.29) is 46.2 Å². The highest BCUT2D eigenvalue weighted by Gasteiger charge is 2.14. The Hall–Kier alpha value is -5.06. The first-order chi connectivity index (χ1) is 16.4. The largest absolute Gasteiger partial charge is 0.409 e. The second-order valence-corrected chi connectivity index (χ2v) is 7.04. The van der Waals surface area contributed by atoms with E-state index in [0.717, 1.165) is 0 Å². The van der Waals surface area contributed by atoms with Crippen LogP contribution >= 0.6 is 0 Å². The van der Waals surface area contributed by atoms with Gasteiger partial charge in [0.2, 0.25) is 11.8 Å². The maximum Gasteiger partial charge on any atom is 0.347 e. The normalized spacial score (nSPS) is 11.3. The van der Waals surface area contributed by atoms with E-state index in [1.165, 1.54) is 36.4 Å². The monoisotopic (exact) mass is 458 g/mol. The van der Waals surface area contributed by atoms with Gasteiger partial charge in [0.25, 0.3) is 12.2 Å². The fraction of sp³-hybridized carbons (Fsp3) is 0.0435. The third-order valence-electron chi connectivity index (χ3n) is 4.88. The van der Waals surface area contributed by atoms with Crippen LogP contribution in [0.25, 0.3) is 22.4 Å². The number of rotatable bonds is 6. The van der Waals surface area contributed by atoms with Gasteiger partial charge in [0, 0.05) is 23.3 Å². The van der Waals surface area contributed by atoms with Crippen molar-refractivity contribution in [3.05, 3.63) is 97.2 Å². The van der Waals surface area contributed by atoms with Gasteiger partial charge in [-0.3, -0.25) is 14.9 Å². The van der Waals surface area contributed by atoms with Crippen molar-refractivity contribution < 1.29 is 18.9 Å². The second-order valence-electron chi connectivity index (χ2n) is 7.04. The number of nitroso groups, excluding NO2 is 1. The molecule has 0 bridgehead atoms. The molecular formula is C23H14N4O7. The van der Waals surface area contributed by atoms with Crippen LogP contribution in [0, 0.1) is 21.9 Å². The van der Waals surface area contributed by atoms with Gasteiger partial charge in [-0.1, -0.05) is 6.07 Å². The van der Waals surface area contributed by atoms with E-state index >= 15 is 0 Å². The zero-order chi connectivity index (χ0) is 24.2. The number of aliphatic imine (C=N–C) groups is 1. The van der Waals surface area contributed by atoms with E-state index in [1.54, 1.807) is 31.2 Å². The predicted octanol–water partition coefficient (Wildman–Crippen LogP) is 4.72. The zero-order valence-corrected chi connectivity index (χ0v) is 17.5. The number of nitro groups is 1. The van der Waals surface area contributed by atoms with Crippen molar-refractivity contribution in [3.63, 3.8) is 0 Å². The lowest BCUT2D eigenvalue weighted by molar-refractivity contribution is -0.384. The number of carbonyl (C=O) groups excluding carboxylic acids is 1. The van der Waals surface area contributed by atoms with Crippen LogP contribution < -0.4 is 5.63 Å². The van der Waals surface area contributed by atoms with Crippen LogP contribution in [0.5, 0.6) is 0 Å². The van der Waals surface area contributed by atoms with Gasteiger partial charge in [0.05, 0.1) is 21.5 Å². The SMILES string of the molecule is Cc1ccc([N+](=O)[O-])cc1N=C(OC=O)c1ccc(-c2nc3cc(N=O)ccc3c(=O)o2)cc1. The van der Waals surface area contributed by atoms with Gasteiger partial charge in [-0.15, -0.1) is 4.91 Å². The molecule has 0 fully saturated rings. The Kier molecular flexibility index (Phi) is 5.99. The number of benzene rings is 3. The van der Waals surface area contributed by atoms with Gasteiger partial charge in [-0.25, -0.2) is 14.8 Å². The third kappa shape index (κ3) is 4.43. The van der Waals surface area contributed by atoms with Crippen molar-refractivity contribution in [1.29, 1.82) is 0 Å². The highest BCUT2D eigenvalue weighted by molar-refractivity contribution is 5.99. The number of aryl methyl sites for hydroxylation is 1. The third-order valence-corrected chi connectivity index (χ3v) is 4.88. The van der Waals surface area contributed by atoms with Crippen LogP contribution in [-0.4, -0.2) is 22.3 Å². The number of hydrogen-bond acceptors (Lipinski definition) is 10. The maximum absolute atomic E-state index is 12.3. The first-order valence-corrected chi connectivity index (χ1v) is 9.72. The minimum atomic E-state index is -0.630. The molecule has 0 spiro atoms. The molecular weight excluding hydrogens is 444 g/mol. The zero-order valence-electron chi connectivity index (χ0n) is 17.5. The summed E-state index contributed by atoms with van der Waals surface area (Å²) in [4.78, 5) is 53.2. The maximum atomic E-state index is 12.3. The van der Waals surface area contributed by atoms with Crippen molar-refractivity contribution >= 4 is 40.3 Å². The Bertz CT molecular complexity index is 1530. The summed E-state index contributed by atoms with van der Waals surface area (Å²) in [5.41, 5.74) is 1.30. The molecule has 0 radical (unpaired) electrons. The molecule has 4 rings (SSSR count). The molecule has 34 heavy (non-hydrogen) atoms. The second kappa shape index (κ2) is 9.20. The van der Waals surface area contributed by atoms with Crippen molar-refractivity contribution in [2.75, 3.05) is 0 Å². The number of carbonyl (C=O) groups is 1. The number of aromatic nitrogens is 1. The predicted molar refractivity (Wildman–Crippen MR) is 122 cm³/mol. The Balaban J connectivity index is 1.73. The molecule has 0 N–H and O–H groups in total. The molecule has 0 unspecified atom stereocenters. The number of non-ortho nitro benzene ring substituents is 1. The molecule has 0 amide bonds. The number of nitro benzene ring substituents is 1. The topological polar surface area (TPSA) is 154 Å². The molecule has 1 aromatic heterocycles. The first-order valence-electron chi connectivity index (χ1n) is 9.72. The summed E-state index contributed by atoms with van der Waals surface area (Å²) in [7, 11) is 0. The Morgan fingerprint density at radius 1 is 1.12 bits per heavy atom. The summed E-state index contributed by atoms with van der Waals surface area (Å²) in [5, 5.41) is 14.1. The van der Waals surface area contributed by atoms with Gasteiger partial charge in [0.1, 0.15) is 5.69 Å². The summed E-state index contributed by atoms with van der Waals surface area (Å²) in [6.45, 7) is 1.91. The van der Waals surface area contributed by atoms with Crippen LogP contribution in [0.3, 0.4) is 0 Å². The summed E-state index contributed by atoms with van der Waals surface area (Å²) in [6, 6.07) is 14.6. The van der Waals surface area contributed by atoms with E-state index in [1.807, 2.05) is 0 Å². The highest BCUT2D eigenvalue weighted by atomic mass is 16.6. The van der Waals surface area contributed by atoms with Crippen molar-refractivity contribution in [1.82, 2.24) is 4.98 Å². The lowest BCUT2D eigenvalue weighted by atomic mass is 10.1. The highest BCUT2D eigenvalue weighted by Crippen LogP contribution is 2.26. The smallest absolute Gasteiger partial charge is 0.347 e. The lowest BCUT2D eigenvalue weighted by Crippen LogP contribution is -2.06. The molecule has 0 saturated heterocycles. The molecule has 3 aromatic carbocycles. The molecule has 4 aromatic rings. The van der Waals surface area contributed by atoms with Crippen molar-refractivity contribution in [2.24, 2.45) is 10.2 Å². The van der Waals surface area contributed by atoms with E-state index in [4.69, 9.17) is 9.15 Å². The van der Waals surface area contributed by atoms with E-state index in [2.05, 4.69) is 15.2 Å². The molecule has 11 heteroatoms. The van der Waals surface area contributed by atoms with Crippen molar-refractivity contribution in [3.8, 4) is 11.5 Å². The first kappa shape index (κ1) is 22.1. The Morgan fingerprint density at radius 2 is 1.88 bits per heavy atom. The van der Waals surface area contributed by atoms with Gasteiger partial charge < -0.3 is 9.15 Å². The minimum absolute atomic E-state index is 0.0106. The molecule has 0 atom stereocenters. The van der Waals surface area contributed by atoms with Gasteiger partial charge in [-0.2, -0.15) is 0 Å². The van der Waals surface area contributed by atoms with Crippen LogP contribution in [0.1, 0.15) is 11.1 Å². The summed E-state index contributed by atoms with van der Waals surface area (Å²) in [5.74, 6) is -0.0730. The Labute approximate surface area is 190 Å². The standard InChI is InChI=1S/C23H14N4O7/c1-13-2-8-17(27(31)32)11-19(13)24-21(33-12-28)14-3-5-15(6-4-14)22-25-20-10-16(26-30)7-9-18(20)23(29)34-22/h2-12H,1H3. The van der Waals surface area contributed by atoms with Crippen LogP contribution in [0.4, 0.5) is 17.1 Å². The fourth-order valence-corrected chi connectivity index (χ4v) is 3.14. The lowest BCUT2D eigenvalue weighted by Gasteiger charge is -2.07. The number of nitrogens with zero attached hydrogens (tertiary/aromatic N) is 4. The van der Waals surface area contributed by atoms with E-state index in [9.17, 15) is 24.6 Å². The summed E-state index contributed by atoms with van der Waals surface area (Å²) >= 11 is 0. The minimum Gasteiger partial charge on any atom is -0.409 e. The average Bonchev–Trinajstić information content (AvgIpc) is 2.84. The van der Waals surface area contributed by atoms with Crippen molar-refractivity contribution in [2.45, 2.75) is 6.92 Å². The number of ether oxygens (including phenoxy) is 1. The molecule has 168 valence electrons. The summed E-state index contributed by atoms with van der Waals surface area (Å²) < 4.78 is 10.3. The fourth-order valence-electron chi connectivity index (χ4n) is 3.14. The van der Waals surface area contributed by atoms with Gasteiger partial charge in [-0.05, 0) is 60.1 Å². The molecule has 1 heterocycles. The molecule has 0 aliphatic rings. The summed E-state index contributed by atoms with van der Waals surface area (Å²) in [6.07, 6.45) is 0. The molecule has 0 aliphatic heterocycles. The van der Waals surface area contributed by atoms with E-state index < -0.39 is 10.5 Å². The number of fused-ring (bicyclic) bond motifs is 1. The quantitative estimate of drug-likeness (QED) is 0.100. The van der Waals surface area contributed by atoms with Crippen LogP contribution in [0.2, 0.25) is 0 Å². The van der Waals surface area contributed by atoms with E-state index in [0.29, 0.717) is 16.7 Å². The molecule has 0 aliphatic carbocycles. The number of hydrogen-bond donors (Lipinski definition) is 0. The Morgan fingerprint density at radius 3 is 2.56 bits per heavy atom. The van der Waals surface area contributed by atoms with Crippen LogP contribution in [-0.2, 0) is 9.53 Å². The molecule has 0 saturated carbocycles.